The summed E-state index contributed by atoms with van der Waals surface area (Å²) < 4.78 is 13.6. The number of anilines is 3. The number of benzene rings is 2. The number of carbonyl (C=O) groups is 3. The number of nitrogens with zero attached hydrogens (tertiary/aromatic N) is 2. The minimum absolute atomic E-state index is 0.0152. The summed E-state index contributed by atoms with van der Waals surface area (Å²) in [7, 11) is 0. The molecule has 1 aliphatic heterocycles. The van der Waals surface area contributed by atoms with Crippen LogP contribution in [0.5, 0.6) is 0 Å². The van der Waals surface area contributed by atoms with E-state index < -0.39 is 11.7 Å². The van der Waals surface area contributed by atoms with Crippen LogP contribution in [0.3, 0.4) is 0 Å². The largest absolute Gasteiger partial charge is 0.397 e. The van der Waals surface area contributed by atoms with E-state index in [0.29, 0.717) is 64.5 Å². The number of carbonyl (C=O) groups excluding carboxylic acids is 3. The van der Waals surface area contributed by atoms with Crippen molar-refractivity contribution in [2.45, 2.75) is 46.5 Å². The van der Waals surface area contributed by atoms with Gasteiger partial charge in [-0.3, -0.25) is 14.4 Å². The molecule has 0 saturated carbocycles. The Balaban J connectivity index is 1.25. The Morgan fingerprint density at radius 2 is 1.88 bits per heavy atom. The van der Waals surface area contributed by atoms with Gasteiger partial charge in [0.15, 0.2) is 5.71 Å². The van der Waals surface area contributed by atoms with Crippen LogP contribution in [0.2, 0.25) is 0 Å². The molecule has 40 heavy (non-hydrogen) atoms. The Labute approximate surface area is 231 Å². The molecule has 11 heteroatoms. The molecule has 0 radical (unpaired) electrons. The zero-order valence-corrected chi connectivity index (χ0v) is 22.7. The second-order valence-electron chi connectivity index (χ2n) is 9.71. The molecule has 0 unspecified atom stereocenters. The smallest absolute Gasteiger partial charge is 0.276 e. The quantitative estimate of drug-likeness (QED) is 0.111. The first-order chi connectivity index (χ1) is 19.1. The minimum Gasteiger partial charge on any atom is -0.397 e. The highest BCUT2D eigenvalue weighted by molar-refractivity contribution is 6.53. The third kappa shape index (κ3) is 6.60. The first-order valence-corrected chi connectivity index (χ1v) is 13.0. The molecule has 2 heterocycles. The monoisotopic (exact) mass is 545 g/mol. The van der Waals surface area contributed by atoms with Crippen LogP contribution in [-0.2, 0) is 9.59 Å². The molecule has 0 aliphatic carbocycles. The van der Waals surface area contributed by atoms with Gasteiger partial charge in [0.2, 0.25) is 5.91 Å². The Morgan fingerprint density at radius 3 is 2.65 bits per heavy atom. The third-order valence-corrected chi connectivity index (χ3v) is 6.60. The summed E-state index contributed by atoms with van der Waals surface area (Å²) in [5, 5.41) is 16.4. The standard InChI is InChI=1S/C29H32FN7O3/c1-16-8-10-23(21(31)13-16)35-25(38)7-5-4-6-12-32-28(39)26-17(2)24(34-18(26)3)15-33-37-27-20-14-19(30)9-11-22(20)36-29(27)40/h8-11,13-15,34H,4-7,12,31H2,1-3H3,(H,32,39)(H,35,38)(H,36,37,40). The van der Waals surface area contributed by atoms with Crippen molar-refractivity contribution in [1.29, 1.82) is 0 Å². The minimum atomic E-state index is -0.479. The van der Waals surface area contributed by atoms with Gasteiger partial charge in [-0.05, 0) is 75.1 Å². The topological polar surface area (TPSA) is 154 Å². The van der Waals surface area contributed by atoms with Crippen LogP contribution in [0, 0.1) is 26.6 Å². The molecule has 3 amide bonds. The van der Waals surface area contributed by atoms with E-state index in [4.69, 9.17) is 5.73 Å². The molecule has 3 aromatic rings. The average Bonchev–Trinajstić information content (AvgIpc) is 3.36. The summed E-state index contributed by atoms with van der Waals surface area (Å²) in [6, 6.07) is 9.46. The maximum Gasteiger partial charge on any atom is 0.276 e. The number of unbranched alkanes of at least 4 members (excludes halogenated alkanes) is 2. The number of fused-ring (bicyclic) bond motifs is 1. The number of halogens is 1. The van der Waals surface area contributed by atoms with E-state index in [1.54, 1.807) is 19.9 Å². The predicted molar refractivity (Wildman–Crippen MR) is 154 cm³/mol. The van der Waals surface area contributed by atoms with Gasteiger partial charge in [0.05, 0.1) is 34.5 Å². The number of aromatic amines is 1. The highest BCUT2D eigenvalue weighted by Gasteiger charge is 2.26. The normalized spacial score (nSPS) is 13.5. The van der Waals surface area contributed by atoms with Crippen molar-refractivity contribution in [3.63, 3.8) is 0 Å². The molecule has 0 bridgehead atoms. The zero-order chi connectivity index (χ0) is 28.8. The lowest BCUT2D eigenvalue weighted by atomic mass is 10.1. The maximum atomic E-state index is 13.6. The van der Waals surface area contributed by atoms with E-state index in [0.717, 1.165) is 18.4 Å². The highest BCUT2D eigenvalue weighted by atomic mass is 19.1. The highest BCUT2D eigenvalue weighted by Crippen LogP contribution is 2.24. The van der Waals surface area contributed by atoms with Crippen LogP contribution in [0.4, 0.5) is 21.5 Å². The van der Waals surface area contributed by atoms with Gasteiger partial charge in [0, 0.05) is 24.2 Å². The molecule has 2 aromatic carbocycles. The first-order valence-electron chi connectivity index (χ1n) is 13.0. The molecule has 4 rings (SSSR count). The molecule has 0 atom stereocenters. The molecule has 1 aromatic heterocycles. The number of hydrogen-bond donors (Lipinski definition) is 5. The Morgan fingerprint density at radius 1 is 1.07 bits per heavy atom. The fraction of sp³-hybridized carbons (Fsp3) is 0.276. The van der Waals surface area contributed by atoms with Gasteiger partial charge in [-0.15, -0.1) is 5.10 Å². The number of H-pyrrole nitrogens is 1. The van der Waals surface area contributed by atoms with Gasteiger partial charge >= 0.3 is 0 Å². The molecular formula is C29H32FN7O3. The van der Waals surface area contributed by atoms with Crippen molar-refractivity contribution < 1.29 is 18.8 Å². The lowest BCUT2D eigenvalue weighted by Gasteiger charge is -2.09. The number of aryl methyl sites for hydroxylation is 2. The van der Waals surface area contributed by atoms with Crippen LogP contribution < -0.4 is 21.7 Å². The maximum absolute atomic E-state index is 13.6. The van der Waals surface area contributed by atoms with Gasteiger partial charge in [0.1, 0.15) is 5.82 Å². The van der Waals surface area contributed by atoms with Crippen LogP contribution in [-0.4, -0.2) is 41.2 Å². The summed E-state index contributed by atoms with van der Waals surface area (Å²) in [6.45, 7) is 5.98. The molecule has 0 fully saturated rings. The molecule has 0 spiro atoms. The summed E-state index contributed by atoms with van der Waals surface area (Å²) in [4.78, 5) is 40.3. The van der Waals surface area contributed by atoms with Crippen LogP contribution in [0.25, 0.3) is 0 Å². The molecule has 0 saturated heterocycles. The number of rotatable bonds is 10. The van der Waals surface area contributed by atoms with Crippen LogP contribution >= 0.6 is 0 Å². The Bertz CT molecular complexity index is 1520. The fourth-order valence-corrected chi connectivity index (χ4v) is 4.50. The molecular weight excluding hydrogens is 513 g/mol. The van der Waals surface area contributed by atoms with Gasteiger partial charge in [-0.25, -0.2) is 4.39 Å². The van der Waals surface area contributed by atoms with Crippen molar-refractivity contribution in [2.24, 2.45) is 10.2 Å². The second-order valence-corrected chi connectivity index (χ2v) is 9.71. The number of hydrogen-bond acceptors (Lipinski definition) is 6. The van der Waals surface area contributed by atoms with E-state index in [-0.39, 0.29) is 17.5 Å². The first kappa shape index (κ1) is 28.2. The number of nitrogen functional groups attached to an aromatic ring is 1. The number of aromatic nitrogens is 1. The Hall–Kier alpha value is -4.80. The lowest BCUT2D eigenvalue weighted by Crippen LogP contribution is -2.25. The zero-order valence-electron chi connectivity index (χ0n) is 22.7. The van der Waals surface area contributed by atoms with Crippen molar-refractivity contribution in [3.05, 3.63) is 75.9 Å². The predicted octanol–water partition coefficient (Wildman–Crippen LogP) is 4.37. The molecule has 1 aliphatic rings. The average molecular weight is 546 g/mol. The third-order valence-electron chi connectivity index (χ3n) is 6.60. The van der Waals surface area contributed by atoms with Crippen LogP contribution in [0.1, 0.15) is 64.1 Å². The van der Waals surface area contributed by atoms with Gasteiger partial charge in [-0.2, -0.15) is 5.10 Å². The van der Waals surface area contributed by atoms with Crippen LogP contribution in [0.15, 0.2) is 46.6 Å². The van der Waals surface area contributed by atoms with E-state index in [2.05, 4.69) is 31.1 Å². The molecule has 10 nitrogen and oxygen atoms in total. The van der Waals surface area contributed by atoms with Crippen molar-refractivity contribution in [2.75, 3.05) is 22.9 Å². The van der Waals surface area contributed by atoms with Crippen molar-refractivity contribution in [1.82, 2.24) is 10.3 Å². The van der Waals surface area contributed by atoms with Gasteiger partial charge < -0.3 is 26.7 Å². The summed E-state index contributed by atoms with van der Waals surface area (Å²) >= 11 is 0. The van der Waals surface area contributed by atoms with E-state index in [1.807, 2.05) is 19.1 Å². The summed E-state index contributed by atoms with van der Waals surface area (Å²) in [6.07, 6.45) is 3.98. The second kappa shape index (κ2) is 12.4. The van der Waals surface area contributed by atoms with E-state index in [1.165, 1.54) is 24.4 Å². The fourth-order valence-electron chi connectivity index (χ4n) is 4.50. The lowest BCUT2D eigenvalue weighted by molar-refractivity contribution is -0.116. The number of nitrogens with one attached hydrogen (secondary N) is 4. The van der Waals surface area contributed by atoms with Gasteiger partial charge in [-0.1, -0.05) is 12.5 Å². The van der Waals surface area contributed by atoms with E-state index >= 15 is 0 Å². The number of nitrogens with two attached hydrogens (primary N) is 1. The SMILES string of the molecule is Cc1ccc(NC(=O)CCCCCNC(=O)c2c(C)[nH]c(C=NN=C3C(=O)Nc4ccc(F)cc43)c2C)c(N)c1. The van der Waals surface area contributed by atoms with Crippen molar-refractivity contribution in [3.8, 4) is 0 Å². The summed E-state index contributed by atoms with van der Waals surface area (Å²) in [5.41, 5.74) is 11.4. The van der Waals surface area contributed by atoms with E-state index in [9.17, 15) is 18.8 Å². The van der Waals surface area contributed by atoms with Gasteiger partial charge in [0.25, 0.3) is 11.8 Å². The summed E-state index contributed by atoms with van der Waals surface area (Å²) in [5.74, 6) is -1.26. The molecule has 6 N–H and O–H groups in total. The Kier molecular flexibility index (Phi) is 8.73. The molecule has 208 valence electrons. The van der Waals surface area contributed by atoms with Crippen molar-refractivity contribution >= 4 is 46.7 Å². The number of amides is 3.